The normalized spacial score (nSPS) is 11.5. The van der Waals surface area contributed by atoms with Gasteiger partial charge < -0.3 is 19.7 Å². The number of hydrogen-bond donors (Lipinski definition) is 3. The van der Waals surface area contributed by atoms with Crippen molar-refractivity contribution in [2.75, 3.05) is 19.8 Å². The molecule has 2 rings (SSSR count). The molecule has 0 bridgehead atoms. The van der Waals surface area contributed by atoms with Gasteiger partial charge in [-0.05, 0) is 37.6 Å². The number of nitrogens with one attached hydrogen (secondary N) is 1. The Balaban J connectivity index is 0.000000703. The number of para-hydroxylation sites is 2. The van der Waals surface area contributed by atoms with Gasteiger partial charge in [-0.1, -0.05) is 37.3 Å². The van der Waals surface area contributed by atoms with Gasteiger partial charge in [0.25, 0.3) is 0 Å². The Morgan fingerprint density at radius 2 is 1.42 bits per heavy atom. The Bertz CT molecular complexity index is 919. The average Bonchev–Trinajstić information content (AvgIpc) is 2.76. The monoisotopic (exact) mass is 453 g/mol. The molecule has 0 aliphatic rings. The van der Waals surface area contributed by atoms with Crippen LogP contribution in [0.25, 0.3) is 0 Å². The van der Waals surface area contributed by atoms with E-state index in [4.69, 9.17) is 29.3 Å². The minimum atomic E-state index is -3.40. The van der Waals surface area contributed by atoms with Gasteiger partial charge in [0.05, 0.1) is 11.5 Å². The van der Waals surface area contributed by atoms with E-state index in [0.717, 1.165) is 0 Å². The number of carboxylic acids is 2. The number of benzene rings is 2. The predicted molar refractivity (Wildman–Crippen MR) is 114 cm³/mol. The van der Waals surface area contributed by atoms with E-state index in [1.807, 2.05) is 38.1 Å². The minimum absolute atomic E-state index is 0.331. The summed E-state index contributed by atoms with van der Waals surface area (Å²) in [5.41, 5.74) is 0. The second kappa shape index (κ2) is 13.2. The van der Waals surface area contributed by atoms with E-state index in [9.17, 15) is 8.42 Å². The molecule has 0 aliphatic heterocycles. The maximum absolute atomic E-state index is 12.6. The highest BCUT2D eigenvalue weighted by Crippen LogP contribution is 2.26. The van der Waals surface area contributed by atoms with Crippen LogP contribution in [-0.2, 0) is 19.4 Å². The fraction of sp³-hybridized carbons (Fsp3) is 0.333. The first-order chi connectivity index (χ1) is 14.7. The molecule has 0 spiro atoms. The Hall–Kier alpha value is -3.11. The maximum Gasteiger partial charge on any atom is 0.414 e. The molecule has 1 unspecified atom stereocenters. The highest BCUT2D eigenvalue weighted by atomic mass is 32.2. The lowest BCUT2D eigenvalue weighted by molar-refractivity contribution is -0.159. The van der Waals surface area contributed by atoms with E-state index < -0.39 is 27.1 Å². The van der Waals surface area contributed by atoms with E-state index in [-0.39, 0.29) is 0 Å². The Labute approximate surface area is 181 Å². The molecule has 2 aromatic rings. The molecule has 0 saturated carbocycles. The van der Waals surface area contributed by atoms with E-state index >= 15 is 0 Å². The molecule has 9 nitrogen and oxygen atoms in total. The quantitative estimate of drug-likeness (QED) is 0.365. The number of ether oxygens (including phenoxy) is 2. The molecule has 3 N–H and O–H groups in total. The van der Waals surface area contributed by atoms with Gasteiger partial charge >= 0.3 is 11.9 Å². The Kier molecular flexibility index (Phi) is 11.1. The van der Waals surface area contributed by atoms with Crippen molar-refractivity contribution in [1.82, 2.24) is 5.32 Å². The summed E-state index contributed by atoms with van der Waals surface area (Å²) < 4.78 is 36.5. The van der Waals surface area contributed by atoms with Crippen molar-refractivity contribution in [3.05, 3.63) is 54.6 Å². The lowest BCUT2D eigenvalue weighted by Crippen LogP contribution is -2.38. The molecule has 1 atom stereocenters. The smallest absolute Gasteiger partial charge is 0.414 e. The van der Waals surface area contributed by atoms with Crippen molar-refractivity contribution in [3.63, 3.8) is 0 Å². The van der Waals surface area contributed by atoms with Crippen LogP contribution in [0.1, 0.15) is 20.3 Å². The Morgan fingerprint density at radius 3 is 1.90 bits per heavy atom. The topological polar surface area (TPSA) is 139 Å². The van der Waals surface area contributed by atoms with Crippen molar-refractivity contribution < 1.29 is 37.7 Å². The van der Waals surface area contributed by atoms with Gasteiger partial charge in [-0.15, -0.1) is 0 Å². The van der Waals surface area contributed by atoms with Gasteiger partial charge in [0.2, 0.25) is 0 Å². The zero-order chi connectivity index (χ0) is 23.3. The molecule has 0 heterocycles. The van der Waals surface area contributed by atoms with Crippen molar-refractivity contribution >= 4 is 21.8 Å². The van der Waals surface area contributed by atoms with Crippen LogP contribution in [0.5, 0.6) is 11.5 Å². The lowest BCUT2D eigenvalue weighted by atomic mass is 10.3. The molecule has 31 heavy (non-hydrogen) atoms. The maximum atomic E-state index is 12.6. The fourth-order valence-electron chi connectivity index (χ4n) is 2.47. The van der Waals surface area contributed by atoms with Gasteiger partial charge in [-0.25, -0.2) is 18.0 Å². The van der Waals surface area contributed by atoms with Gasteiger partial charge in [-0.3, -0.25) is 5.32 Å². The molecule has 0 fully saturated rings. The largest absolute Gasteiger partial charge is 0.490 e. The Morgan fingerprint density at radius 1 is 0.903 bits per heavy atom. The second-order valence-electron chi connectivity index (χ2n) is 6.05. The summed E-state index contributed by atoms with van der Waals surface area (Å²) in [5, 5.41) is 17.2. The summed E-state index contributed by atoms with van der Waals surface area (Å²) in [5.74, 6) is -2.30. The zero-order valence-electron chi connectivity index (χ0n) is 17.4. The first-order valence-electron chi connectivity index (χ1n) is 9.57. The number of aliphatic carboxylic acids is 2. The third-order valence-electron chi connectivity index (χ3n) is 3.88. The number of sulfone groups is 1. The molecule has 0 amide bonds. The molecule has 2 aromatic carbocycles. The van der Waals surface area contributed by atoms with Crippen LogP contribution in [0.15, 0.2) is 59.5 Å². The van der Waals surface area contributed by atoms with Crippen LogP contribution in [0.2, 0.25) is 0 Å². The molecular formula is C21H27NO8S. The third kappa shape index (κ3) is 8.65. The van der Waals surface area contributed by atoms with Crippen LogP contribution >= 0.6 is 0 Å². The fourth-order valence-corrected chi connectivity index (χ4v) is 4.11. The predicted octanol–water partition coefficient (Wildman–Crippen LogP) is 2.42. The molecule has 0 saturated heterocycles. The van der Waals surface area contributed by atoms with E-state index in [2.05, 4.69) is 5.32 Å². The molecule has 0 radical (unpaired) electrons. The van der Waals surface area contributed by atoms with Crippen molar-refractivity contribution in [2.45, 2.75) is 30.5 Å². The number of carbonyl (C=O) groups is 2. The van der Waals surface area contributed by atoms with Gasteiger partial charge in [-0.2, -0.15) is 0 Å². The standard InChI is InChI=1S/C19H25NO4S.C2H2O4/c1-3-19(25(21,22)16-10-6-5-7-11-16)20-14-15-24-18-13-9-8-12-17(18)23-4-2;3-1(4)2(5)6/h5-13,19-20H,3-4,14-15H2,1-2H3;(H,3,4)(H,5,6). The summed E-state index contributed by atoms with van der Waals surface area (Å²) in [4.78, 5) is 18.5. The van der Waals surface area contributed by atoms with Crippen molar-refractivity contribution in [3.8, 4) is 11.5 Å². The summed E-state index contributed by atoms with van der Waals surface area (Å²) in [7, 11) is -3.40. The molecule has 10 heteroatoms. The van der Waals surface area contributed by atoms with Crippen molar-refractivity contribution in [1.29, 1.82) is 0 Å². The lowest BCUT2D eigenvalue weighted by Gasteiger charge is -2.18. The van der Waals surface area contributed by atoms with Crippen molar-refractivity contribution in [2.24, 2.45) is 0 Å². The van der Waals surface area contributed by atoms with E-state index in [1.165, 1.54) is 0 Å². The summed E-state index contributed by atoms with van der Waals surface area (Å²) in [6, 6.07) is 15.9. The second-order valence-corrected chi connectivity index (χ2v) is 8.18. The number of hydrogen-bond acceptors (Lipinski definition) is 7. The van der Waals surface area contributed by atoms with Gasteiger partial charge in [0.15, 0.2) is 21.3 Å². The summed E-state index contributed by atoms with van der Waals surface area (Å²) in [6.45, 7) is 5.10. The van der Waals surface area contributed by atoms with Crippen LogP contribution in [0, 0.1) is 0 Å². The molecule has 170 valence electrons. The summed E-state index contributed by atoms with van der Waals surface area (Å²) in [6.07, 6.45) is 0.479. The van der Waals surface area contributed by atoms with Gasteiger partial charge in [0.1, 0.15) is 12.0 Å². The SMILES string of the molecule is CCOc1ccccc1OCCNC(CC)S(=O)(=O)c1ccccc1.O=C(O)C(=O)O. The van der Waals surface area contributed by atoms with Crippen LogP contribution in [0.4, 0.5) is 0 Å². The van der Waals surface area contributed by atoms with Crippen LogP contribution < -0.4 is 14.8 Å². The number of carboxylic acid groups (broad SMARTS) is 2. The number of rotatable bonds is 10. The average molecular weight is 454 g/mol. The van der Waals surface area contributed by atoms with E-state index in [0.29, 0.717) is 42.6 Å². The van der Waals surface area contributed by atoms with Gasteiger partial charge in [0, 0.05) is 6.54 Å². The highest BCUT2D eigenvalue weighted by molar-refractivity contribution is 7.92. The zero-order valence-corrected chi connectivity index (χ0v) is 18.2. The van der Waals surface area contributed by atoms with Crippen LogP contribution in [-0.4, -0.2) is 55.7 Å². The summed E-state index contributed by atoms with van der Waals surface area (Å²) >= 11 is 0. The molecular weight excluding hydrogens is 426 g/mol. The molecule has 0 aliphatic carbocycles. The van der Waals surface area contributed by atoms with E-state index in [1.54, 1.807) is 30.3 Å². The third-order valence-corrected chi connectivity index (χ3v) is 6.06. The first-order valence-corrected chi connectivity index (χ1v) is 11.1. The van der Waals surface area contributed by atoms with Crippen LogP contribution in [0.3, 0.4) is 0 Å². The minimum Gasteiger partial charge on any atom is -0.490 e. The first kappa shape index (κ1) is 25.9. The molecule has 0 aromatic heterocycles. The highest BCUT2D eigenvalue weighted by Gasteiger charge is 2.25.